The molecule has 21 heavy (non-hydrogen) atoms. The van der Waals surface area contributed by atoms with E-state index in [1.54, 1.807) is 0 Å². The summed E-state index contributed by atoms with van der Waals surface area (Å²) < 4.78 is 0. The smallest absolute Gasteiger partial charge is 0.241 e. The number of piperazine rings is 1. The number of rotatable bonds is 2. The summed E-state index contributed by atoms with van der Waals surface area (Å²) >= 11 is 0. The third-order valence-corrected chi connectivity index (χ3v) is 4.77. The summed E-state index contributed by atoms with van der Waals surface area (Å²) in [6, 6.07) is 9.06. The highest BCUT2D eigenvalue weighted by Gasteiger charge is 2.30. The maximum atomic E-state index is 12.8. The lowest BCUT2D eigenvalue weighted by Crippen LogP contribution is -2.54. The summed E-state index contributed by atoms with van der Waals surface area (Å²) in [5, 5.41) is 3.38. The first kappa shape index (κ1) is 14.5. The molecular formula is C17H25N3O. The van der Waals surface area contributed by atoms with E-state index >= 15 is 0 Å². The Morgan fingerprint density at radius 2 is 2.10 bits per heavy atom. The van der Waals surface area contributed by atoms with Crippen LogP contribution in [0.1, 0.15) is 25.8 Å². The van der Waals surface area contributed by atoms with Crippen LogP contribution in [-0.2, 0) is 11.2 Å². The molecule has 2 heterocycles. The summed E-state index contributed by atoms with van der Waals surface area (Å²) in [5.74, 6) is 0.239. The lowest BCUT2D eigenvalue weighted by atomic mass is 9.96. The Hall–Kier alpha value is -1.39. The van der Waals surface area contributed by atoms with E-state index in [2.05, 4.69) is 42.3 Å². The molecule has 0 aliphatic carbocycles. The third-order valence-electron chi connectivity index (χ3n) is 4.77. The fourth-order valence-corrected chi connectivity index (χ4v) is 3.44. The summed E-state index contributed by atoms with van der Waals surface area (Å²) in [4.78, 5) is 17.2. The van der Waals surface area contributed by atoms with Crippen molar-refractivity contribution in [1.29, 1.82) is 0 Å². The highest BCUT2D eigenvalue weighted by Crippen LogP contribution is 2.30. The first-order valence-electron chi connectivity index (χ1n) is 8.01. The molecule has 1 saturated heterocycles. The topological polar surface area (TPSA) is 35.6 Å². The van der Waals surface area contributed by atoms with Crippen molar-refractivity contribution < 1.29 is 4.79 Å². The monoisotopic (exact) mass is 287 g/mol. The van der Waals surface area contributed by atoms with Gasteiger partial charge in [0, 0.05) is 37.4 Å². The maximum Gasteiger partial charge on any atom is 0.241 e. The van der Waals surface area contributed by atoms with Gasteiger partial charge in [-0.15, -0.1) is 0 Å². The van der Waals surface area contributed by atoms with Crippen molar-refractivity contribution in [3.05, 3.63) is 29.8 Å². The molecule has 2 aliphatic heterocycles. The number of anilines is 1. The van der Waals surface area contributed by atoms with E-state index in [4.69, 9.17) is 0 Å². The molecular weight excluding hydrogens is 262 g/mol. The number of benzene rings is 1. The summed E-state index contributed by atoms with van der Waals surface area (Å²) in [7, 11) is 0. The van der Waals surface area contributed by atoms with E-state index in [1.807, 2.05) is 11.0 Å². The van der Waals surface area contributed by atoms with Gasteiger partial charge < -0.3 is 10.2 Å². The van der Waals surface area contributed by atoms with Gasteiger partial charge in [-0.05, 0) is 38.3 Å². The summed E-state index contributed by atoms with van der Waals surface area (Å²) in [6.07, 6.45) is 2.13. The number of para-hydroxylation sites is 1. The standard InChI is InChI=1S/C17H25N3O/c1-13-7-8-15-5-3-4-6-16(15)20(13)17(21)12-19-10-9-18-11-14(19)2/h3-6,13-14,18H,7-12H2,1-2H3/t13?,14-/m1/s1. The van der Waals surface area contributed by atoms with Gasteiger partial charge in [0.15, 0.2) is 0 Å². The zero-order valence-corrected chi connectivity index (χ0v) is 13.0. The predicted molar refractivity (Wildman–Crippen MR) is 85.6 cm³/mol. The number of hydrogen-bond acceptors (Lipinski definition) is 3. The Kier molecular flexibility index (Phi) is 4.27. The molecule has 0 saturated carbocycles. The fraction of sp³-hybridized carbons (Fsp3) is 0.588. The molecule has 4 nitrogen and oxygen atoms in total. The first-order chi connectivity index (χ1) is 10.2. The van der Waals surface area contributed by atoms with E-state index in [1.165, 1.54) is 5.56 Å². The minimum absolute atomic E-state index is 0.239. The second-order valence-electron chi connectivity index (χ2n) is 6.30. The number of hydrogen-bond donors (Lipinski definition) is 1. The van der Waals surface area contributed by atoms with Crippen molar-refractivity contribution in [3.63, 3.8) is 0 Å². The highest BCUT2D eigenvalue weighted by atomic mass is 16.2. The van der Waals surface area contributed by atoms with Crippen molar-refractivity contribution in [3.8, 4) is 0 Å². The van der Waals surface area contributed by atoms with E-state index in [9.17, 15) is 4.79 Å². The van der Waals surface area contributed by atoms with Crippen LogP contribution in [0.2, 0.25) is 0 Å². The van der Waals surface area contributed by atoms with E-state index in [-0.39, 0.29) is 5.91 Å². The van der Waals surface area contributed by atoms with Crippen LogP contribution in [0.15, 0.2) is 24.3 Å². The second-order valence-corrected chi connectivity index (χ2v) is 6.30. The predicted octanol–water partition coefficient (Wildman–Crippen LogP) is 1.65. The molecule has 0 aromatic heterocycles. The van der Waals surface area contributed by atoms with Crippen molar-refractivity contribution in [2.75, 3.05) is 31.1 Å². The Morgan fingerprint density at radius 1 is 1.29 bits per heavy atom. The summed E-state index contributed by atoms with van der Waals surface area (Å²) in [5.41, 5.74) is 2.42. The number of aryl methyl sites for hydroxylation is 1. The van der Waals surface area contributed by atoms with Gasteiger partial charge in [-0.25, -0.2) is 0 Å². The maximum absolute atomic E-state index is 12.8. The number of carbonyl (C=O) groups is 1. The molecule has 0 radical (unpaired) electrons. The van der Waals surface area contributed by atoms with Crippen molar-refractivity contribution in [1.82, 2.24) is 10.2 Å². The van der Waals surface area contributed by atoms with Crippen LogP contribution in [0, 0.1) is 0 Å². The Labute approximate surface area is 127 Å². The Bertz CT molecular complexity index is 517. The molecule has 1 amide bonds. The van der Waals surface area contributed by atoms with Crippen LogP contribution in [-0.4, -0.2) is 49.1 Å². The van der Waals surface area contributed by atoms with Gasteiger partial charge in [0.25, 0.3) is 0 Å². The summed E-state index contributed by atoms with van der Waals surface area (Å²) in [6.45, 7) is 7.78. The van der Waals surface area contributed by atoms with Gasteiger partial charge in [0.2, 0.25) is 5.91 Å². The van der Waals surface area contributed by atoms with Crippen LogP contribution < -0.4 is 10.2 Å². The van der Waals surface area contributed by atoms with Crippen molar-refractivity contribution in [2.24, 2.45) is 0 Å². The molecule has 4 heteroatoms. The number of nitrogens with one attached hydrogen (secondary N) is 1. The van der Waals surface area contributed by atoms with E-state index in [0.29, 0.717) is 18.6 Å². The van der Waals surface area contributed by atoms with E-state index < -0.39 is 0 Å². The molecule has 0 spiro atoms. The number of carbonyl (C=O) groups excluding carboxylic acids is 1. The van der Waals surface area contributed by atoms with Gasteiger partial charge >= 0.3 is 0 Å². The molecule has 114 valence electrons. The lowest BCUT2D eigenvalue weighted by molar-refractivity contribution is -0.121. The molecule has 2 aliphatic rings. The zero-order valence-electron chi connectivity index (χ0n) is 13.0. The second kappa shape index (κ2) is 6.16. The number of fused-ring (bicyclic) bond motifs is 1. The number of amides is 1. The number of nitrogens with zero attached hydrogens (tertiary/aromatic N) is 2. The third kappa shape index (κ3) is 2.97. The largest absolute Gasteiger partial charge is 0.314 e. The Morgan fingerprint density at radius 3 is 2.90 bits per heavy atom. The molecule has 1 N–H and O–H groups in total. The average molecular weight is 287 g/mol. The van der Waals surface area contributed by atoms with Gasteiger partial charge in [-0.2, -0.15) is 0 Å². The fourth-order valence-electron chi connectivity index (χ4n) is 3.44. The van der Waals surface area contributed by atoms with Crippen LogP contribution >= 0.6 is 0 Å². The quantitative estimate of drug-likeness (QED) is 0.898. The molecule has 2 atom stereocenters. The molecule has 1 fully saturated rings. The molecule has 1 unspecified atom stereocenters. The first-order valence-corrected chi connectivity index (χ1v) is 8.01. The normalized spacial score (nSPS) is 26.5. The SMILES string of the molecule is CC1CCc2ccccc2N1C(=O)CN1CCNC[C@H]1C. The zero-order chi connectivity index (χ0) is 14.8. The molecule has 1 aromatic rings. The molecule has 0 bridgehead atoms. The minimum Gasteiger partial charge on any atom is -0.314 e. The van der Waals surface area contributed by atoms with Gasteiger partial charge in [-0.3, -0.25) is 9.69 Å². The van der Waals surface area contributed by atoms with Crippen LogP contribution in [0.25, 0.3) is 0 Å². The molecule has 3 rings (SSSR count). The van der Waals surface area contributed by atoms with Crippen LogP contribution in [0.5, 0.6) is 0 Å². The average Bonchev–Trinajstić information content (AvgIpc) is 2.49. The van der Waals surface area contributed by atoms with Gasteiger partial charge in [0.05, 0.1) is 6.54 Å². The van der Waals surface area contributed by atoms with Gasteiger partial charge in [0.1, 0.15) is 0 Å². The lowest BCUT2D eigenvalue weighted by Gasteiger charge is -2.39. The van der Waals surface area contributed by atoms with Crippen molar-refractivity contribution in [2.45, 2.75) is 38.8 Å². The van der Waals surface area contributed by atoms with Crippen molar-refractivity contribution >= 4 is 11.6 Å². The molecule has 1 aromatic carbocycles. The highest BCUT2D eigenvalue weighted by molar-refractivity contribution is 5.96. The van der Waals surface area contributed by atoms with Crippen LogP contribution in [0.3, 0.4) is 0 Å². The minimum atomic E-state index is 0.239. The van der Waals surface area contributed by atoms with Gasteiger partial charge in [-0.1, -0.05) is 18.2 Å². The Balaban J connectivity index is 1.77. The van der Waals surface area contributed by atoms with Crippen LogP contribution in [0.4, 0.5) is 5.69 Å². The van der Waals surface area contributed by atoms with E-state index in [0.717, 1.165) is 38.2 Å².